The molecule has 5 heteroatoms. The third-order valence-electron chi connectivity index (χ3n) is 4.13. The average molecular weight is 312 g/mol. The summed E-state index contributed by atoms with van der Waals surface area (Å²) < 4.78 is 14.3. The lowest BCUT2D eigenvalue weighted by atomic mass is 10.0. The van der Waals surface area contributed by atoms with Crippen LogP contribution in [0.5, 0.6) is 0 Å². The number of rotatable bonds is 2. The highest BCUT2D eigenvalue weighted by Gasteiger charge is 2.17. The van der Waals surface area contributed by atoms with Crippen LogP contribution in [0.15, 0.2) is 53.5 Å². The molecule has 0 amide bonds. The maximum Gasteiger partial charge on any atom is 0.196 e. The van der Waals surface area contributed by atoms with Crippen molar-refractivity contribution in [1.82, 2.24) is 9.80 Å². The topological polar surface area (TPSA) is 44.9 Å². The Kier molecular flexibility index (Phi) is 4.57. The zero-order valence-corrected chi connectivity index (χ0v) is 13.2. The van der Waals surface area contributed by atoms with E-state index in [1.165, 1.54) is 6.07 Å². The first-order chi connectivity index (χ1) is 11.1. The van der Waals surface area contributed by atoms with Gasteiger partial charge in [-0.25, -0.2) is 9.38 Å². The van der Waals surface area contributed by atoms with E-state index in [0.29, 0.717) is 11.6 Å². The molecular weight excluding hydrogens is 291 g/mol. The zero-order valence-electron chi connectivity index (χ0n) is 13.2. The summed E-state index contributed by atoms with van der Waals surface area (Å²) in [5, 5.41) is 0. The number of hydrogen-bond acceptors (Lipinski definition) is 2. The fourth-order valence-corrected chi connectivity index (χ4v) is 2.70. The molecule has 0 aliphatic carbocycles. The predicted molar refractivity (Wildman–Crippen MR) is 92.2 cm³/mol. The highest BCUT2D eigenvalue weighted by atomic mass is 19.1. The Morgan fingerprint density at radius 2 is 1.70 bits per heavy atom. The van der Waals surface area contributed by atoms with Crippen LogP contribution in [-0.2, 0) is 0 Å². The van der Waals surface area contributed by atoms with Crippen molar-refractivity contribution >= 4 is 11.6 Å². The van der Waals surface area contributed by atoms with Gasteiger partial charge in [0, 0.05) is 31.7 Å². The average Bonchev–Trinajstić information content (AvgIpc) is 2.58. The number of aliphatic imine (C=N–C) groups is 1. The summed E-state index contributed by atoms with van der Waals surface area (Å²) in [5.41, 5.74) is 8.11. The first-order valence-electron chi connectivity index (χ1n) is 7.77. The van der Waals surface area contributed by atoms with E-state index in [9.17, 15) is 4.39 Å². The molecule has 120 valence electrons. The van der Waals surface area contributed by atoms with E-state index < -0.39 is 0 Å². The van der Waals surface area contributed by atoms with E-state index in [1.807, 2.05) is 41.3 Å². The number of likely N-dealkylation sites (N-methyl/N-ethyl adjacent to an activating group) is 1. The molecule has 1 aliphatic heterocycles. The summed E-state index contributed by atoms with van der Waals surface area (Å²) >= 11 is 0. The molecule has 3 rings (SSSR count). The summed E-state index contributed by atoms with van der Waals surface area (Å²) in [6.07, 6.45) is 0. The van der Waals surface area contributed by atoms with Gasteiger partial charge in [0.15, 0.2) is 5.96 Å². The minimum absolute atomic E-state index is 0.301. The van der Waals surface area contributed by atoms with Crippen LogP contribution in [0.2, 0.25) is 0 Å². The van der Waals surface area contributed by atoms with Crippen molar-refractivity contribution < 1.29 is 4.39 Å². The number of nitrogens with zero attached hydrogens (tertiary/aromatic N) is 3. The Balaban J connectivity index is 1.95. The van der Waals surface area contributed by atoms with Gasteiger partial charge in [-0.2, -0.15) is 0 Å². The lowest BCUT2D eigenvalue weighted by Crippen LogP contribution is -2.49. The monoisotopic (exact) mass is 312 g/mol. The van der Waals surface area contributed by atoms with E-state index >= 15 is 0 Å². The van der Waals surface area contributed by atoms with Crippen LogP contribution >= 0.6 is 0 Å². The Hall–Kier alpha value is -2.40. The fourth-order valence-electron chi connectivity index (χ4n) is 2.70. The van der Waals surface area contributed by atoms with E-state index in [4.69, 9.17) is 5.73 Å². The number of halogens is 1. The fraction of sp³-hybridized carbons (Fsp3) is 0.278. The van der Waals surface area contributed by atoms with Crippen LogP contribution < -0.4 is 5.73 Å². The third kappa shape index (κ3) is 3.51. The van der Waals surface area contributed by atoms with Crippen molar-refractivity contribution in [3.63, 3.8) is 0 Å². The molecule has 0 atom stereocenters. The summed E-state index contributed by atoms with van der Waals surface area (Å²) in [6.45, 7) is 3.47. The molecular formula is C18H21FN4. The Labute approximate surface area is 136 Å². The van der Waals surface area contributed by atoms with E-state index in [0.717, 1.165) is 37.3 Å². The summed E-state index contributed by atoms with van der Waals surface area (Å²) in [6, 6.07) is 14.7. The van der Waals surface area contributed by atoms with Crippen molar-refractivity contribution in [3.8, 4) is 11.1 Å². The van der Waals surface area contributed by atoms with Crippen LogP contribution in [0.1, 0.15) is 0 Å². The maximum atomic E-state index is 14.3. The Morgan fingerprint density at radius 1 is 1.00 bits per heavy atom. The standard InChI is InChI=1S/C18H21FN4/c1-22-10-12-23(13-11-22)18(20)21-17-15(8-5-9-16(17)19)14-6-3-2-4-7-14/h2-9H,10-13H2,1H3,(H2,20,21). The molecule has 0 bridgehead atoms. The smallest absolute Gasteiger partial charge is 0.196 e. The highest BCUT2D eigenvalue weighted by molar-refractivity contribution is 5.86. The van der Waals surface area contributed by atoms with Gasteiger partial charge in [-0.05, 0) is 18.7 Å². The number of hydrogen-bond donors (Lipinski definition) is 1. The molecule has 0 aromatic heterocycles. The van der Waals surface area contributed by atoms with Crippen molar-refractivity contribution in [2.75, 3.05) is 33.2 Å². The second-order valence-electron chi connectivity index (χ2n) is 5.76. The normalized spacial score (nSPS) is 16.6. The lowest BCUT2D eigenvalue weighted by Gasteiger charge is -2.33. The molecule has 0 saturated carbocycles. The van der Waals surface area contributed by atoms with E-state index in [1.54, 1.807) is 6.07 Å². The second-order valence-corrected chi connectivity index (χ2v) is 5.76. The minimum Gasteiger partial charge on any atom is -0.369 e. The molecule has 1 aliphatic rings. The van der Waals surface area contributed by atoms with E-state index in [-0.39, 0.29) is 5.82 Å². The van der Waals surface area contributed by atoms with Gasteiger partial charge in [0.1, 0.15) is 11.5 Å². The number of guanidine groups is 1. The van der Waals surface area contributed by atoms with Gasteiger partial charge in [0.2, 0.25) is 0 Å². The van der Waals surface area contributed by atoms with Gasteiger partial charge >= 0.3 is 0 Å². The van der Waals surface area contributed by atoms with Crippen LogP contribution in [0.25, 0.3) is 11.1 Å². The number of nitrogens with two attached hydrogens (primary N) is 1. The summed E-state index contributed by atoms with van der Waals surface area (Å²) in [4.78, 5) is 8.65. The first-order valence-corrected chi connectivity index (χ1v) is 7.77. The largest absolute Gasteiger partial charge is 0.369 e. The summed E-state index contributed by atoms with van der Waals surface area (Å²) in [7, 11) is 2.08. The van der Waals surface area contributed by atoms with Crippen LogP contribution in [0, 0.1) is 5.82 Å². The van der Waals surface area contributed by atoms with Gasteiger partial charge < -0.3 is 15.5 Å². The van der Waals surface area contributed by atoms with Gasteiger partial charge in [0.25, 0.3) is 0 Å². The molecule has 0 radical (unpaired) electrons. The zero-order chi connectivity index (χ0) is 16.2. The number of benzene rings is 2. The van der Waals surface area contributed by atoms with E-state index in [2.05, 4.69) is 16.9 Å². The SMILES string of the molecule is CN1CCN(C(N)=Nc2c(F)cccc2-c2ccccc2)CC1. The highest BCUT2D eigenvalue weighted by Crippen LogP contribution is 2.32. The van der Waals surface area contributed by atoms with Crippen molar-refractivity contribution in [3.05, 3.63) is 54.3 Å². The molecule has 2 aromatic carbocycles. The molecule has 0 spiro atoms. The van der Waals surface area contributed by atoms with Gasteiger partial charge in [-0.15, -0.1) is 0 Å². The first kappa shape index (κ1) is 15.5. The van der Waals surface area contributed by atoms with Crippen molar-refractivity contribution in [2.24, 2.45) is 10.7 Å². The van der Waals surface area contributed by atoms with Gasteiger partial charge in [-0.3, -0.25) is 0 Å². The van der Waals surface area contributed by atoms with Crippen molar-refractivity contribution in [1.29, 1.82) is 0 Å². The second kappa shape index (κ2) is 6.79. The summed E-state index contributed by atoms with van der Waals surface area (Å²) in [5.74, 6) is 0.0174. The molecule has 1 heterocycles. The maximum absolute atomic E-state index is 14.3. The minimum atomic E-state index is -0.358. The van der Waals surface area contributed by atoms with Gasteiger partial charge in [0.05, 0.1) is 0 Å². The van der Waals surface area contributed by atoms with Gasteiger partial charge in [-0.1, -0.05) is 42.5 Å². The Morgan fingerprint density at radius 3 is 2.39 bits per heavy atom. The molecule has 0 unspecified atom stereocenters. The molecule has 1 fully saturated rings. The van der Waals surface area contributed by atoms with Crippen LogP contribution in [0.4, 0.5) is 10.1 Å². The molecule has 1 saturated heterocycles. The Bertz CT molecular complexity index is 691. The number of piperazine rings is 1. The molecule has 2 N–H and O–H groups in total. The molecule has 23 heavy (non-hydrogen) atoms. The van der Waals surface area contributed by atoms with Crippen LogP contribution in [0.3, 0.4) is 0 Å². The van der Waals surface area contributed by atoms with Crippen molar-refractivity contribution in [2.45, 2.75) is 0 Å². The quantitative estimate of drug-likeness (QED) is 0.685. The predicted octanol–water partition coefficient (Wildman–Crippen LogP) is 2.69. The third-order valence-corrected chi connectivity index (χ3v) is 4.13. The molecule has 2 aromatic rings. The lowest BCUT2D eigenvalue weighted by molar-refractivity contribution is 0.214. The molecule has 4 nitrogen and oxygen atoms in total. The number of para-hydroxylation sites is 1. The van der Waals surface area contributed by atoms with Crippen LogP contribution in [-0.4, -0.2) is 49.0 Å².